The third-order valence-corrected chi connectivity index (χ3v) is 1.27. The molecule has 0 saturated heterocycles. The minimum atomic E-state index is -5.02. The molecule has 0 aliphatic heterocycles. The molecule has 0 bridgehead atoms. The molecule has 11 heavy (non-hydrogen) atoms. The summed E-state index contributed by atoms with van der Waals surface area (Å²) in [6.45, 7) is -2.84. The Labute approximate surface area is 60.4 Å². The van der Waals surface area contributed by atoms with Crippen LogP contribution < -0.4 is 0 Å². The van der Waals surface area contributed by atoms with E-state index in [1.54, 1.807) is 0 Å². The van der Waals surface area contributed by atoms with Crippen molar-refractivity contribution in [2.45, 2.75) is 18.2 Å². The fourth-order valence-corrected chi connectivity index (χ4v) is 0.469. The summed E-state index contributed by atoms with van der Waals surface area (Å²) < 4.78 is 46.7. The lowest BCUT2D eigenvalue weighted by atomic mass is 10.0. The molecule has 2 N–H and O–H groups in total. The third-order valence-electron chi connectivity index (χ3n) is 1.27. The molecule has 0 fully saturated rings. The zero-order chi connectivity index (χ0) is 9.12. The summed E-state index contributed by atoms with van der Waals surface area (Å²) in [5.74, 6) is 0. The van der Waals surface area contributed by atoms with Gasteiger partial charge in [-0.05, 0) is 0 Å². The second kappa shape index (κ2) is 3.36. The second-order valence-electron chi connectivity index (χ2n) is 2.14. The van der Waals surface area contributed by atoms with Crippen molar-refractivity contribution in [1.29, 1.82) is 0 Å². The maximum Gasteiger partial charge on any atom is 0.419 e. The average molecular weight is 176 g/mol. The minimum absolute atomic E-state index is 0.903. The maximum absolute atomic E-state index is 11.7. The van der Waals surface area contributed by atoms with E-state index in [-0.39, 0.29) is 0 Å². The molecule has 1 atom stereocenters. The molecule has 0 spiro atoms. The fourth-order valence-electron chi connectivity index (χ4n) is 0.469. The highest BCUT2D eigenvalue weighted by atomic mass is 19.4. The van der Waals surface area contributed by atoms with E-state index in [0.717, 1.165) is 0 Å². The number of hydrogen-bond acceptors (Lipinski definition) is 2. The van der Waals surface area contributed by atoms with Crippen molar-refractivity contribution in [2.24, 2.45) is 0 Å². The predicted molar refractivity (Wildman–Crippen MR) is 28.7 cm³/mol. The van der Waals surface area contributed by atoms with Gasteiger partial charge in [0.05, 0.1) is 0 Å². The maximum atomic E-state index is 11.7. The minimum Gasteiger partial charge on any atom is -0.396 e. The lowest BCUT2D eigenvalue weighted by Gasteiger charge is -2.26. The van der Waals surface area contributed by atoms with Crippen LogP contribution in [0.1, 0.15) is 6.42 Å². The van der Waals surface area contributed by atoms with Crippen molar-refractivity contribution in [2.75, 3.05) is 13.3 Å². The van der Waals surface area contributed by atoms with Crippen LogP contribution in [0.2, 0.25) is 0 Å². The van der Waals surface area contributed by atoms with Crippen molar-refractivity contribution in [3.8, 4) is 0 Å². The van der Waals surface area contributed by atoms with Crippen molar-refractivity contribution in [3.05, 3.63) is 0 Å². The van der Waals surface area contributed by atoms with Crippen molar-refractivity contribution in [3.63, 3.8) is 0 Å². The fraction of sp³-hybridized carbons (Fsp3) is 1.00. The van der Waals surface area contributed by atoms with Gasteiger partial charge in [-0.1, -0.05) is 0 Å². The van der Waals surface area contributed by atoms with E-state index < -0.39 is 31.5 Å². The first-order valence-corrected chi connectivity index (χ1v) is 2.83. The first-order valence-electron chi connectivity index (χ1n) is 2.83. The standard InChI is InChI=1S/C5H8F4O2/c6-3-4(11,1-2-10)5(7,8)9/h10-11H,1-3H2. The highest BCUT2D eigenvalue weighted by Gasteiger charge is 2.53. The van der Waals surface area contributed by atoms with E-state index in [4.69, 9.17) is 10.2 Å². The van der Waals surface area contributed by atoms with Gasteiger partial charge < -0.3 is 10.2 Å². The van der Waals surface area contributed by atoms with Gasteiger partial charge in [0.1, 0.15) is 6.67 Å². The summed E-state index contributed by atoms with van der Waals surface area (Å²) in [5, 5.41) is 16.6. The zero-order valence-electron chi connectivity index (χ0n) is 5.53. The molecule has 0 radical (unpaired) electrons. The summed E-state index contributed by atoms with van der Waals surface area (Å²) in [4.78, 5) is 0. The van der Waals surface area contributed by atoms with E-state index in [0.29, 0.717) is 0 Å². The van der Waals surface area contributed by atoms with Crippen LogP contribution in [0.15, 0.2) is 0 Å². The number of halogens is 4. The van der Waals surface area contributed by atoms with Gasteiger partial charge in [0, 0.05) is 13.0 Å². The molecule has 0 aromatic rings. The van der Waals surface area contributed by atoms with Crippen LogP contribution in [-0.4, -0.2) is 35.3 Å². The Balaban J connectivity index is 4.33. The summed E-state index contributed by atoms with van der Waals surface area (Å²) in [5.41, 5.74) is -3.39. The molecule has 68 valence electrons. The molecule has 0 saturated carbocycles. The highest BCUT2D eigenvalue weighted by molar-refractivity contribution is 4.85. The average Bonchev–Trinajstić information content (AvgIpc) is 1.86. The Morgan fingerprint density at radius 2 is 1.64 bits per heavy atom. The Kier molecular flexibility index (Phi) is 3.25. The van der Waals surface area contributed by atoms with E-state index in [9.17, 15) is 17.6 Å². The molecule has 6 heteroatoms. The molecule has 0 aromatic carbocycles. The number of aliphatic hydroxyl groups is 2. The predicted octanol–water partition coefficient (Wildman–Crippen LogP) is 0.632. The molecule has 0 heterocycles. The van der Waals surface area contributed by atoms with Crippen LogP contribution in [0, 0.1) is 0 Å². The van der Waals surface area contributed by atoms with Gasteiger partial charge in [-0.2, -0.15) is 13.2 Å². The van der Waals surface area contributed by atoms with Crippen LogP contribution in [0.3, 0.4) is 0 Å². The molecule has 0 rings (SSSR count). The molecular weight excluding hydrogens is 168 g/mol. The van der Waals surface area contributed by atoms with Crippen LogP contribution in [0.25, 0.3) is 0 Å². The largest absolute Gasteiger partial charge is 0.419 e. The lowest BCUT2D eigenvalue weighted by Crippen LogP contribution is -2.47. The van der Waals surface area contributed by atoms with E-state index >= 15 is 0 Å². The lowest BCUT2D eigenvalue weighted by molar-refractivity contribution is -0.268. The summed E-state index contributed by atoms with van der Waals surface area (Å²) in [6.07, 6.45) is -6.06. The first kappa shape index (κ1) is 10.6. The topological polar surface area (TPSA) is 40.5 Å². The summed E-state index contributed by atoms with van der Waals surface area (Å²) in [7, 11) is 0. The molecule has 0 amide bonds. The number of rotatable bonds is 3. The van der Waals surface area contributed by atoms with Crippen molar-refractivity contribution >= 4 is 0 Å². The molecule has 0 aliphatic carbocycles. The number of aliphatic hydroxyl groups excluding tert-OH is 1. The summed E-state index contributed by atoms with van der Waals surface area (Å²) in [6, 6.07) is 0. The van der Waals surface area contributed by atoms with Crippen LogP contribution in [0.4, 0.5) is 17.6 Å². The first-order chi connectivity index (χ1) is 4.87. The molecule has 0 aromatic heterocycles. The summed E-state index contributed by atoms with van der Waals surface area (Å²) >= 11 is 0. The van der Waals surface area contributed by atoms with Gasteiger partial charge in [0.2, 0.25) is 0 Å². The van der Waals surface area contributed by atoms with E-state index in [2.05, 4.69) is 0 Å². The molecule has 1 unspecified atom stereocenters. The number of hydrogen-bond donors (Lipinski definition) is 2. The van der Waals surface area contributed by atoms with Gasteiger partial charge in [0.15, 0.2) is 5.60 Å². The van der Waals surface area contributed by atoms with Crippen molar-refractivity contribution < 1.29 is 27.8 Å². The van der Waals surface area contributed by atoms with E-state index in [1.807, 2.05) is 0 Å². The van der Waals surface area contributed by atoms with Crippen LogP contribution in [-0.2, 0) is 0 Å². The zero-order valence-corrected chi connectivity index (χ0v) is 5.53. The normalized spacial score (nSPS) is 18.0. The highest BCUT2D eigenvalue weighted by Crippen LogP contribution is 2.33. The Morgan fingerprint density at radius 3 is 1.73 bits per heavy atom. The molecular formula is C5H8F4O2. The Bertz CT molecular complexity index is 124. The molecule has 2 nitrogen and oxygen atoms in total. The number of alkyl halides is 4. The molecule has 0 aliphatic rings. The van der Waals surface area contributed by atoms with Gasteiger partial charge in [0.25, 0.3) is 0 Å². The Hall–Kier alpha value is -0.360. The van der Waals surface area contributed by atoms with Crippen molar-refractivity contribution in [1.82, 2.24) is 0 Å². The van der Waals surface area contributed by atoms with Crippen LogP contribution >= 0.6 is 0 Å². The third kappa shape index (κ3) is 2.30. The smallest absolute Gasteiger partial charge is 0.396 e. The van der Waals surface area contributed by atoms with Gasteiger partial charge in [-0.3, -0.25) is 0 Å². The second-order valence-corrected chi connectivity index (χ2v) is 2.14. The van der Waals surface area contributed by atoms with Crippen LogP contribution in [0.5, 0.6) is 0 Å². The van der Waals surface area contributed by atoms with Gasteiger partial charge in [-0.25, -0.2) is 4.39 Å². The SMILES string of the molecule is OCCC(O)(CF)C(F)(F)F. The van der Waals surface area contributed by atoms with Gasteiger partial charge >= 0.3 is 6.18 Å². The Morgan fingerprint density at radius 1 is 1.18 bits per heavy atom. The van der Waals surface area contributed by atoms with E-state index in [1.165, 1.54) is 0 Å². The van der Waals surface area contributed by atoms with Gasteiger partial charge in [-0.15, -0.1) is 0 Å². The monoisotopic (exact) mass is 176 g/mol. The quantitative estimate of drug-likeness (QED) is 0.619.